The van der Waals surface area contributed by atoms with Crippen LogP contribution in [0, 0.1) is 5.41 Å². The molecule has 1 amide bonds. The molecule has 0 atom stereocenters. The zero-order valence-electron chi connectivity index (χ0n) is 19.2. The Balaban J connectivity index is 1.57. The number of carbonyl (C=O) groups is 1. The third-order valence-electron chi connectivity index (χ3n) is 6.31. The highest BCUT2D eigenvalue weighted by molar-refractivity contribution is 5.83. The molecular formula is C27H30N2O4. The van der Waals surface area contributed by atoms with Crippen molar-refractivity contribution in [2.45, 2.75) is 25.8 Å². The van der Waals surface area contributed by atoms with E-state index in [0.717, 1.165) is 22.3 Å². The van der Waals surface area contributed by atoms with E-state index >= 15 is 0 Å². The molecule has 1 aromatic heterocycles. The van der Waals surface area contributed by atoms with Crippen molar-refractivity contribution in [3.8, 4) is 22.6 Å². The lowest BCUT2D eigenvalue weighted by Gasteiger charge is -2.36. The van der Waals surface area contributed by atoms with Gasteiger partial charge in [-0.1, -0.05) is 30.3 Å². The van der Waals surface area contributed by atoms with Crippen LogP contribution in [0.4, 0.5) is 0 Å². The molecule has 33 heavy (non-hydrogen) atoms. The van der Waals surface area contributed by atoms with E-state index in [4.69, 9.17) is 14.2 Å². The van der Waals surface area contributed by atoms with Gasteiger partial charge in [0.1, 0.15) is 11.5 Å². The smallest absolute Gasteiger partial charge is 0.226 e. The summed E-state index contributed by atoms with van der Waals surface area (Å²) in [7, 11) is 3.24. The van der Waals surface area contributed by atoms with Gasteiger partial charge in [-0.05, 0) is 54.2 Å². The van der Waals surface area contributed by atoms with E-state index < -0.39 is 5.41 Å². The quantitative estimate of drug-likeness (QED) is 0.555. The Morgan fingerprint density at radius 1 is 1.03 bits per heavy atom. The van der Waals surface area contributed by atoms with Crippen LogP contribution in [0.15, 0.2) is 67.0 Å². The number of methoxy groups -OCH3 is 2. The largest absolute Gasteiger partial charge is 0.497 e. The van der Waals surface area contributed by atoms with Gasteiger partial charge < -0.3 is 19.5 Å². The summed E-state index contributed by atoms with van der Waals surface area (Å²) in [5.74, 6) is 1.45. The van der Waals surface area contributed by atoms with Crippen LogP contribution in [0.5, 0.6) is 11.5 Å². The molecule has 0 unspecified atom stereocenters. The summed E-state index contributed by atoms with van der Waals surface area (Å²) in [6, 6.07) is 17.9. The van der Waals surface area contributed by atoms with Crippen molar-refractivity contribution in [3.63, 3.8) is 0 Å². The van der Waals surface area contributed by atoms with E-state index in [0.29, 0.717) is 50.5 Å². The number of benzene rings is 2. The fourth-order valence-electron chi connectivity index (χ4n) is 4.43. The van der Waals surface area contributed by atoms with Crippen molar-refractivity contribution in [3.05, 3.63) is 78.1 Å². The highest BCUT2D eigenvalue weighted by Gasteiger charge is 2.40. The summed E-state index contributed by atoms with van der Waals surface area (Å²) >= 11 is 0. The van der Waals surface area contributed by atoms with Crippen LogP contribution >= 0.6 is 0 Å². The summed E-state index contributed by atoms with van der Waals surface area (Å²) < 4.78 is 16.3. The molecule has 3 aromatic rings. The van der Waals surface area contributed by atoms with E-state index in [1.807, 2.05) is 42.6 Å². The molecule has 0 aliphatic carbocycles. The molecule has 6 nitrogen and oxygen atoms in total. The third kappa shape index (κ3) is 5.34. The second-order valence-corrected chi connectivity index (χ2v) is 8.37. The normalized spacial score (nSPS) is 15.0. The number of hydrogen-bond acceptors (Lipinski definition) is 5. The van der Waals surface area contributed by atoms with Crippen LogP contribution in [0.3, 0.4) is 0 Å². The summed E-state index contributed by atoms with van der Waals surface area (Å²) in [4.78, 5) is 17.9. The van der Waals surface area contributed by atoms with Gasteiger partial charge in [-0.25, -0.2) is 0 Å². The minimum Gasteiger partial charge on any atom is -0.497 e. The fourth-order valence-corrected chi connectivity index (χ4v) is 4.43. The topological polar surface area (TPSA) is 69.7 Å². The zero-order valence-corrected chi connectivity index (χ0v) is 19.2. The number of hydrogen-bond donors (Lipinski definition) is 1. The molecule has 1 N–H and O–H groups in total. The molecule has 1 saturated heterocycles. The van der Waals surface area contributed by atoms with Gasteiger partial charge in [0.05, 0.1) is 19.6 Å². The summed E-state index contributed by atoms with van der Waals surface area (Å²) in [6.07, 6.45) is 5.65. The molecule has 172 valence electrons. The number of ether oxygens (including phenoxy) is 3. The standard InChI is InChI=1S/C27H30N2O4/c1-31-23-14-20(15-24(16-23)32-2)18-29-26(30)27(9-12-33-13-10-27)17-21-6-3-4-8-25(21)22-7-5-11-28-19-22/h3-8,11,14-16,19H,9-10,12-13,17-18H2,1-2H3,(H,29,30). The van der Waals surface area contributed by atoms with Crippen LogP contribution in [-0.2, 0) is 22.5 Å². The van der Waals surface area contributed by atoms with Gasteiger partial charge >= 0.3 is 0 Å². The lowest BCUT2D eigenvalue weighted by Crippen LogP contribution is -2.46. The Bertz CT molecular complexity index is 1060. The number of nitrogens with one attached hydrogen (secondary N) is 1. The molecule has 1 aliphatic rings. The summed E-state index contributed by atoms with van der Waals surface area (Å²) in [5, 5.41) is 3.17. The molecule has 0 radical (unpaired) electrons. The van der Waals surface area contributed by atoms with Gasteiger partial charge in [0.25, 0.3) is 0 Å². The van der Waals surface area contributed by atoms with Crippen molar-refractivity contribution in [2.24, 2.45) is 5.41 Å². The molecule has 6 heteroatoms. The molecule has 1 aliphatic heterocycles. The third-order valence-corrected chi connectivity index (χ3v) is 6.31. The summed E-state index contributed by atoms with van der Waals surface area (Å²) in [6.45, 7) is 1.56. The maximum absolute atomic E-state index is 13.6. The second kappa shape index (κ2) is 10.5. The Morgan fingerprint density at radius 2 is 1.76 bits per heavy atom. The predicted octanol–water partition coefficient (Wildman–Crippen LogP) is 4.42. The van der Waals surface area contributed by atoms with Crippen molar-refractivity contribution in [2.75, 3.05) is 27.4 Å². The fraction of sp³-hybridized carbons (Fsp3) is 0.333. The lowest BCUT2D eigenvalue weighted by atomic mass is 9.73. The van der Waals surface area contributed by atoms with Gasteiger partial charge in [0.2, 0.25) is 5.91 Å². The van der Waals surface area contributed by atoms with E-state index in [1.54, 1.807) is 20.4 Å². The zero-order chi connectivity index (χ0) is 23.1. The van der Waals surface area contributed by atoms with Crippen molar-refractivity contribution < 1.29 is 19.0 Å². The Labute approximate surface area is 194 Å². The minimum absolute atomic E-state index is 0.0496. The molecule has 0 saturated carbocycles. The number of pyridine rings is 1. The van der Waals surface area contributed by atoms with E-state index in [1.165, 1.54) is 0 Å². The van der Waals surface area contributed by atoms with Gasteiger partial charge in [0.15, 0.2) is 0 Å². The van der Waals surface area contributed by atoms with Gasteiger partial charge in [-0.2, -0.15) is 0 Å². The van der Waals surface area contributed by atoms with Crippen LogP contribution in [-0.4, -0.2) is 38.3 Å². The number of carbonyl (C=O) groups excluding carboxylic acids is 1. The second-order valence-electron chi connectivity index (χ2n) is 8.37. The average molecular weight is 447 g/mol. The molecule has 0 bridgehead atoms. The number of aromatic nitrogens is 1. The molecule has 4 rings (SSSR count). The lowest BCUT2D eigenvalue weighted by molar-refractivity contribution is -0.136. The monoisotopic (exact) mass is 446 g/mol. The highest BCUT2D eigenvalue weighted by Crippen LogP contribution is 2.37. The number of amides is 1. The molecule has 2 heterocycles. The first kappa shape index (κ1) is 22.8. The number of rotatable bonds is 8. The first-order valence-electron chi connectivity index (χ1n) is 11.2. The molecule has 0 spiro atoms. The summed E-state index contributed by atoms with van der Waals surface area (Å²) in [5.41, 5.74) is 3.71. The first-order valence-corrected chi connectivity index (χ1v) is 11.2. The SMILES string of the molecule is COc1cc(CNC(=O)C2(Cc3ccccc3-c3cccnc3)CCOCC2)cc(OC)c1. The minimum atomic E-state index is -0.528. The van der Waals surface area contributed by atoms with Gasteiger partial charge in [-0.3, -0.25) is 9.78 Å². The van der Waals surface area contributed by atoms with E-state index in [2.05, 4.69) is 28.5 Å². The maximum Gasteiger partial charge on any atom is 0.226 e. The van der Waals surface area contributed by atoms with E-state index in [-0.39, 0.29) is 5.91 Å². The van der Waals surface area contributed by atoms with E-state index in [9.17, 15) is 4.79 Å². The predicted molar refractivity (Wildman–Crippen MR) is 127 cm³/mol. The van der Waals surface area contributed by atoms with Crippen LogP contribution in [0.25, 0.3) is 11.1 Å². The number of nitrogens with zero attached hydrogens (tertiary/aromatic N) is 1. The average Bonchev–Trinajstić information content (AvgIpc) is 2.88. The van der Waals surface area contributed by atoms with Crippen molar-refractivity contribution in [1.29, 1.82) is 0 Å². The van der Waals surface area contributed by atoms with Gasteiger partial charge in [0, 0.05) is 43.8 Å². The van der Waals surface area contributed by atoms with Crippen molar-refractivity contribution >= 4 is 5.91 Å². The Hall–Kier alpha value is -3.38. The molecular weight excluding hydrogens is 416 g/mol. The van der Waals surface area contributed by atoms with Crippen molar-refractivity contribution in [1.82, 2.24) is 10.3 Å². The highest BCUT2D eigenvalue weighted by atomic mass is 16.5. The van der Waals surface area contributed by atoms with Gasteiger partial charge in [-0.15, -0.1) is 0 Å². The van der Waals surface area contributed by atoms with Crippen LogP contribution in [0.1, 0.15) is 24.0 Å². The first-order chi connectivity index (χ1) is 16.1. The maximum atomic E-state index is 13.6. The molecule has 2 aromatic carbocycles. The van der Waals surface area contributed by atoms with Crippen LogP contribution in [0.2, 0.25) is 0 Å². The van der Waals surface area contributed by atoms with Crippen LogP contribution < -0.4 is 14.8 Å². The molecule has 1 fully saturated rings. The Morgan fingerprint density at radius 3 is 2.42 bits per heavy atom. The Kier molecular flexibility index (Phi) is 7.25.